The molecule has 2 aliphatic rings. The predicted molar refractivity (Wildman–Crippen MR) is 93.0 cm³/mol. The molecule has 0 radical (unpaired) electrons. The molecule has 0 spiro atoms. The highest BCUT2D eigenvalue weighted by atomic mass is 16.6. The van der Waals surface area contributed by atoms with Gasteiger partial charge in [0, 0.05) is 17.5 Å². The Balaban J connectivity index is 1.97. The van der Waals surface area contributed by atoms with Gasteiger partial charge in [-0.2, -0.15) is 0 Å². The van der Waals surface area contributed by atoms with Gasteiger partial charge in [-0.15, -0.1) is 0 Å². The third-order valence-corrected chi connectivity index (χ3v) is 5.84. The van der Waals surface area contributed by atoms with Gasteiger partial charge < -0.3 is 14.4 Å². The van der Waals surface area contributed by atoms with Gasteiger partial charge in [0.05, 0.1) is 6.20 Å². The largest absolute Gasteiger partial charge is 0.444 e. The molecule has 0 saturated carbocycles. The molecule has 2 heterocycles. The molecule has 1 N–H and O–H groups in total. The molecule has 25 heavy (non-hydrogen) atoms. The Hall–Kier alpha value is -1.56. The fraction of sp³-hybridized carbons (Fsp3) is 0.789. The fourth-order valence-corrected chi connectivity index (χ4v) is 4.78. The third-order valence-electron chi connectivity index (χ3n) is 5.84. The van der Waals surface area contributed by atoms with Gasteiger partial charge in [0.1, 0.15) is 17.1 Å². The number of carbonyl (C=O) groups excluding carboxylic acids is 1. The Morgan fingerprint density at radius 1 is 1.36 bits per heavy atom. The van der Waals surface area contributed by atoms with Gasteiger partial charge in [-0.1, -0.05) is 25.9 Å². The molecule has 1 aliphatic heterocycles. The predicted octanol–water partition coefficient (Wildman–Crippen LogP) is 3.48. The Morgan fingerprint density at radius 2 is 2.00 bits per heavy atom. The van der Waals surface area contributed by atoms with Crippen LogP contribution in [0.2, 0.25) is 0 Å². The number of piperidine rings is 1. The Bertz CT molecular complexity index is 686. The monoisotopic (exact) mass is 350 g/mol. The lowest BCUT2D eigenvalue weighted by atomic mass is 9.53. The Morgan fingerprint density at radius 3 is 2.60 bits per heavy atom. The Labute approximate surface area is 149 Å². The van der Waals surface area contributed by atoms with Crippen molar-refractivity contribution in [3.8, 4) is 0 Å². The van der Waals surface area contributed by atoms with E-state index in [2.05, 4.69) is 25.9 Å². The molecular weight excluding hydrogens is 320 g/mol. The first-order valence-corrected chi connectivity index (χ1v) is 8.93. The summed E-state index contributed by atoms with van der Waals surface area (Å²) in [5.41, 5.74) is -1.21. The van der Waals surface area contributed by atoms with Gasteiger partial charge in [0.25, 0.3) is 0 Å². The van der Waals surface area contributed by atoms with Crippen molar-refractivity contribution in [2.75, 3.05) is 6.54 Å². The van der Waals surface area contributed by atoms with Crippen molar-refractivity contribution in [3.63, 3.8) is 0 Å². The fourth-order valence-electron chi connectivity index (χ4n) is 4.78. The molecule has 1 fully saturated rings. The van der Waals surface area contributed by atoms with Crippen LogP contribution < -0.4 is 0 Å². The van der Waals surface area contributed by atoms with Crippen LogP contribution in [0.25, 0.3) is 0 Å². The number of carbonyl (C=O) groups is 1. The van der Waals surface area contributed by atoms with E-state index in [-0.39, 0.29) is 16.7 Å². The number of ether oxygens (including phenoxy) is 1. The van der Waals surface area contributed by atoms with E-state index in [0.717, 1.165) is 17.7 Å². The lowest BCUT2D eigenvalue weighted by molar-refractivity contribution is -0.175. The van der Waals surface area contributed by atoms with Crippen LogP contribution in [-0.4, -0.2) is 39.1 Å². The zero-order valence-corrected chi connectivity index (χ0v) is 16.3. The summed E-state index contributed by atoms with van der Waals surface area (Å²) >= 11 is 0. The van der Waals surface area contributed by atoms with Crippen molar-refractivity contribution in [3.05, 3.63) is 17.5 Å². The van der Waals surface area contributed by atoms with Crippen LogP contribution in [0, 0.1) is 11.3 Å². The summed E-state index contributed by atoms with van der Waals surface area (Å²) in [6.45, 7) is 14.1. The minimum Gasteiger partial charge on any atom is -0.444 e. The number of fused-ring (bicyclic) bond motifs is 2. The summed E-state index contributed by atoms with van der Waals surface area (Å²) in [4.78, 5) is 14.2. The van der Waals surface area contributed by atoms with Crippen molar-refractivity contribution in [1.29, 1.82) is 0 Å². The van der Waals surface area contributed by atoms with E-state index in [1.54, 1.807) is 13.1 Å². The number of hydrogen-bond donors (Lipinski definition) is 1. The van der Waals surface area contributed by atoms with Gasteiger partial charge in [-0.3, -0.25) is 4.90 Å². The third kappa shape index (κ3) is 2.94. The van der Waals surface area contributed by atoms with Crippen LogP contribution >= 0.6 is 0 Å². The van der Waals surface area contributed by atoms with Crippen LogP contribution in [0.15, 0.2) is 10.7 Å². The van der Waals surface area contributed by atoms with Gasteiger partial charge in [-0.25, -0.2) is 4.79 Å². The first-order chi connectivity index (χ1) is 11.3. The molecule has 140 valence electrons. The Kier molecular flexibility index (Phi) is 3.81. The number of amides is 1. The molecule has 3 atom stereocenters. The lowest BCUT2D eigenvalue weighted by Gasteiger charge is -2.58. The molecule has 3 rings (SSSR count). The maximum absolute atomic E-state index is 12.7. The maximum Gasteiger partial charge on any atom is 0.412 e. The maximum atomic E-state index is 12.7. The van der Waals surface area contributed by atoms with Gasteiger partial charge >= 0.3 is 6.09 Å². The van der Waals surface area contributed by atoms with Crippen molar-refractivity contribution in [2.24, 2.45) is 11.3 Å². The molecule has 1 aliphatic carbocycles. The van der Waals surface area contributed by atoms with E-state index >= 15 is 0 Å². The van der Waals surface area contributed by atoms with Crippen molar-refractivity contribution in [1.82, 2.24) is 10.1 Å². The SMILES string of the molecule is CC(C)(C)OC(=O)N1CC2(C)Cc3cnoc3C(C)(C)[C@@H]2CC1(C)O. The van der Waals surface area contributed by atoms with Crippen molar-refractivity contribution >= 4 is 6.09 Å². The smallest absolute Gasteiger partial charge is 0.412 e. The van der Waals surface area contributed by atoms with E-state index in [9.17, 15) is 9.90 Å². The standard InChI is InChI=1S/C19H30N2O4/c1-16(2,3)24-15(22)21-11-18(6)8-12-10-20-25-14(12)17(4,5)13(18)9-19(21,7)23/h10,13,23H,8-9,11H2,1-7H3/t13-,18?,19?/m0/s1. The van der Waals surface area contributed by atoms with E-state index in [1.165, 1.54) is 4.90 Å². The number of nitrogens with zero attached hydrogens (tertiary/aromatic N) is 2. The number of aromatic nitrogens is 1. The van der Waals surface area contributed by atoms with Crippen molar-refractivity contribution in [2.45, 2.75) is 78.0 Å². The van der Waals surface area contributed by atoms with E-state index in [0.29, 0.717) is 13.0 Å². The van der Waals surface area contributed by atoms with Gasteiger partial charge in [0.15, 0.2) is 0 Å². The quantitative estimate of drug-likeness (QED) is 0.775. The number of hydrogen-bond acceptors (Lipinski definition) is 5. The van der Waals surface area contributed by atoms with Gasteiger partial charge in [0.2, 0.25) is 0 Å². The van der Waals surface area contributed by atoms with Crippen LogP contribution in [0.3, 0.4) is 0 Å². The average molecular weight is 350 g/mol. The second kappa shape index (κ2) is 5.22. The normalized spacial score (nSPS) is 34.2. The highest BCUT2D eigenvalue weighted by Crippen LogP contribution is 2.56. The summed E-state index contributed by atoms with van der Waals surface area (Å²) in [5.74, 6) is 1.06. The zero-order chi connectivity index (χ0) is 18.8. The lowest BCUT2D eigenvalue weighted by Crippen LogP contribution is -2.65. The molecule has 6 heteroatoms. The summed E-state index contributed by atoms with van der Waals surface area (Å²) in [6.07, 6.45) is 2.56. The van der Waals surface area contributed by atoms with E-state index < -0.39 is 17.4 Å². The molecule has 6 nitrogen and oxygen atoms in total. The number of aliphatic hydroxyl groups is 1. The minimum atomic E-state index is -1.26. The molecule has 1 saturated heterocycles. The van der Waals surface area contributed by atoms with E-state index in [4.69, 9.17) is 9.26 Å². The van der Waals surface area contributed by atoms with Crippen molar-refractivity contribution < 1.29 is 19.2 Å². The highest BCUT2D eigenvalue weighted by Gasteiger charge is 2.59. The molecule has 0 bridgehead atoms. The van der Waals surface area contributed by atoms with E-state index in [1.807, 2.05) is 20.8 Å². The summed E-state index contributed by atoms with van der Waals surface area (Å²) in [7, 11) is 0. The molecule has 1 aromatic rings. The van der Waals surface area contributed by atoms with Crippen LogP contribution in [0.1, 0.15) is 66.2 Å². The average Bonchev–Trinajstić information content (AvgIpc) is 2.87. The molecule has 0 aromatic carbocycles. The zero-order valence-electron chi connectivity index (χ0n) is 16.3. The molecule has 2 unspecified atom stereocenters. The first-order valence-electron chi connectivity index (χ1n) is 8.93. The second-order valence-electron chi connectivity index (χ2n) is 9.77. The highest BCUT2D eigenvalue weighted by molar-refractivity contribution is 5.69. The minimum absolute atomic E-state index is 0.161. The summed E-state index contributed by atoms with van der Waals surface area (Å²) in [6, 6.07) is 0. The second-order valence-corrected chi connectivity index (χ2v) is 9.77. The molecular formula is C19H30N2O4. The summed E-state index contributed by atoms with van der Waals surface area (Å²) < 4.78 is 11.1. The van der Waals surface area contributed by atoms with Crippen LogP contribution in [0.4, 0.5) is 4.79 Å². The van der Waals surface area contributed by atoms with Gasteiger partial charge in [-0.05, 0) is 51.9 Å². The first kappa shape index (κ1) is 18.2. The molecule has 1 aromatic heterocycles. The van der Waals surface area contributed by atoms with Crippen LogP contribution in [-0.2, 0) is 16.6 Å². The molecule has 1 amide bonds. The number of likely N-dealkylation sites (tertiary alicyclic amines) is 1. The van der Waals surface area contributed by atoms with Crippen LogP contribution in [0.5, 0.6) is 0 Å². The summed E-state index contributed by atoms with van der Waals surface area (Å²) in [5, 5.41) is 15.0. The number of rotatable bonds is 0. The topological polar surface area (TPSA) is 75.8 Å².